The van der Waals surface area contributed by atoms with Crippen molar-refractivity contribution in [3.05, 3.63) is 77.9 Å². The maximum atomic E-state index is 11.8. The van der Waals surface area contributed by atoms with Gasteiger partial charge in [-0.2, -0.15) is 0 Å². The van der Waals surface area contributed by atoms with Gasteiger partial charge in [0.2, 0.25) is 0 Å². The summed E-state index contributed by atoms with van der Waals surface area (Å²) >= 11 is 0. The first-order valence-corrected chi connectivity index (χ1v) is 7.46. The zero-order valence-corrected chi connectivity index (χ0v) is 13.0. The van der Waals surface area contributed by atoms with Gasteiger partial charge >= 0.3 is 5.97 Å². The summed E-state index contributed by atoms with van der Waals surface area (Å²) < 4.78 is 5.03. The van der Waals surface area contributed by atoms with Crippen molar-refractivity contribution >= 4 is 11.7 Å². The lowest BCUT2D eigenvalue weighted by molar-refractivity contribution is -0.137. The quantitative estimate of drug-likeness (QED) is 0.648. The maximum Gasteiger partial charge on any atom is 0.332 e. The lowest BCUT2D eigenvalue weighted by Gasteiger charge is -2.18. The average molecular weight is 295 g/mol. The fourth-order valence-electron chi connectivity index (χ4n) is 2.19. The molecule has 0 radical (unpaired) electrons. The van der Waals surface area contributed by atoms with Gasteiger partial charge in [0.05, 0.1) is 6.61 Å². The molecule has 0 aromatic heterocycles. The number of ether oxygens (including phenoxy) is 1. The fourth-order valence-corrected chi connectivity index (χ4v) is 2.19. The molecule has 114 valence electrons. The zero-order chi connectivity index (χ0) is 15.8. The van der Waals surface area contributed by atoms with Crippen LogP contribution in [0.2, 0.25) is 0 Å². The summed E-state index contributed by atoms with van der Waals surface area (Å²) in [7, 11) is 0. The van der Waals surface area contributed by atoms with Crippen molar-refractivity contribution in [2.24, 2.45) is 0 Å². The summed E-state index contributed by atoms with van der Waals surface area (Å²) in [6.45, 7) is 4.23. The van der Waals surface area contributed by atoms with Gasteiger partial charge in [-0.3, -0.25) is 0 Å². The van der Waals surface area contributed by atoms with E-state index in [4.69, 9.17) is 4.74 Å². The van der Waals surface area contributed by atoms with Crippen molar-refractivity contribution in [1.29, 1.82) is 0 Å². The molecule has 0 heterocycles. The van der Waals surface area contributed by atoms with Gasteiger partial charge in [0.25, 0.3) is 0 Å². The standard InChI is InChI=1S/C19H21NO2/c1-3-22-19(21)14-18(17-12-8-5-9-13-17)20-15(2)16-10-6-4-7-11-16/h4-15,20H,3H2,1-2H3/b18-14+/t15-/m1/s1. The van der Waals surface area contributed by atoms with E-state index in [1.807, 2.05) is 48.5 Å². The minimum atomic E-state index is -0.339. The molecule has 1 atom stereocenters. The third-order valence-electron chi connectivity index (χ3n) is 3.31. The van der Waals surface area contributed by atoms with E-state index in [9.17, 15) is 4.79 Å². The Morgan fingerprint density at radius 1 is 1.09 bits per heavy atom. The van der Waals surface area contributed by atoms with Gasteiger partial charge < -0.3 is 10.1 Å². The van der Waals surface area contributed by atoms with Crippen LogP contribution in [0.4, 0.5) is 0 Å². The third-order valence-corrected chi connectivity index (χ3v) is 3.31. The molecule has 0 amide bonds. The van der Waals surface area contributed by atoms with Crippen LogP contribution >= 0.6 is 0 Å². The zero-order valence-electron chi connectivity index (χ0n) is 13.0. The predicted octanol–water partition coefficient (Wildman–Crippen LogP) is 3.94. The van der Waals surface area contributed by atoms with E-state index in [0.717, 1.165) is 16.8 Å². The van der Waals surface area contributed by atoms with Crippen molar-refractivity contribution in [3.63, 3.8) is 0 Å². The second-order valence-electron chi connectivity index (χ2n) is 4.95. The average Bonchev–Trinajstić information content (AvgIpc) is 2.56. The molecule has 2 aromatic rings. The highest BCUT2D eigenvalue weighted by molar-refractivity contribution is 5.90. The lowest BCUT2D eigenvalue weighted by atomic mass is 10.1. The van der Waals surface area contributed by atoms with Crippen molar-refractivity contribution in [2.45, 2.75) is 19.9 Å². The smallest absolute Gasteiger partial charge is 0.332 e. The molecule has 0 unspecified atom stereocenters. The number of benzene rings is 2. The molecule has 0 fully saturated rings. The van der Waals surface area contributed by atoms with Gasteiger partial charge in [-0.15, -0.1) is 0 Å². The Labute approximate surface area is 131 Å². The van der Waals surface area contributed by atoms with E-state index < -0.39 is 0 Å². The van der Waals surface area contributed by atoms with E-state index >= 15 is 0 Å². The van der Waals surface area contributed by atoms with Crippen LogP contribution in [0, 0.1) is 0 Å². The Morgan fingerprint density at radius 3 is 2.27 bits per heavy atom. The minimum Gasteiger partial charge on any atom is -0.463 e. The van der Waals surface area contributed by atoms with E-state index in [1.165, 1.54) is 6.08 Å². The van der Waals surface area contributed by atoms with Gasteiger partial charge in [0, 0.05) is 17.8 Å². The Balaban J connectivity index is 2.23. The molecule has 2 aromatic carbocycles. The van der Waals surface area contributed by atoms with Crippen LogP contribution in [0.1, 0.15) is 31.0 Å². The monoisotopic (exact) mass is 295 g/mol. The molecule has 0 spiro atoms. The summed E-state index contributed by atoms with van der Waals surface area (Å²) in [5.74, 6) is -0.339. The van der Waals surface area contributed by atoms with Crippen LogP contribution in [-0.4, -0.2) is 12.6 Å². The number of rotatable bonds is 6. The molecule has 3 nitrogen and oxygen atoms in total. The van der Waals surface area contributed by atoms with Gasteiger partial charge in [-0.25, -0.2) is 4.79 Å². The van der Waals surface area contributed by atoms with E-state index in [-0.39, 0.29) is 12.0 Å². The molecule has 2 rings (SSSR count). The van der Waals surface area contributed by atoms with Crippen LogP contribution < -0.4 is 5.32 Å². The summed E-state index contributed by atoms with van der Waals surface area (Å²) in [6.07, 6.45) is 1.51. The third kappa shape index (κ3) is 4.48. The Bertz CT molecular complexity index is 620. The van der Waals surface area contributed by atoms with Gasteiger partial charge in [0.15, 0.2) is 0 Å². The highest BCUT2D eigenvalue weighted by Gasteiger charge is 2.10. The number of hydrogen-bond acceptors (Lipinski definition) is 3. The number of hydrogen-bond donors (Lipinski definition) is 1. The number of esters is 1. The number of carbonyl (C=O) groups excluding carboxylic acids is 1. The largest absolute Gasteiger partial charge is 0.463 e. The summed E-state index contributed by atoms with van der Waals surface area (Å²) in [6, 6.07) is 20.0. The van der Waals surface area contributed by atoms with Crippen molar-refractivity contribution < 1.29 is 9.53 Å². The van der Waals surface area contributed by atoms with Gasteiger partial charge in [-0.05, 0) is 25.0 Å². The summed E-state index contributed by atoms with van der Waals surface area (Å²) in [5, 5.41) is 3.40. The molecule has 0 aliphatic carbocycles. The second-order valence-corrected chi connectivity index (χ2v) is 4.95. The molecule has 3 heteroatoms. The first-order valence-electron chi connectivity index (χ1n) is 7.46. The van der Waals surface area contributed by atoms with Crippen molar-refractivity contribution in [3.8, 4) is 0 Å². The molecule has 0 saturated heterocycles. The van der Waals surface area contributed by atoms with Crippen molar-refractivity contribution in [1.82, 2.24) is 5.32 Å². The molecule has 0 bridgehead atoms. The maximum absolute atomic E-state index is 11.8. The normalized spacial score (nSPS) is 12.5. The number of carbonyl (C=O) groups is 1. The fraction of sp³-hybridized carbons (Fsp3) is 0.211. The molecular weight excluding hydrogens is 274 g/mol. The van der Waals surface area contributed by atoms with Gasteiger partial charge in [-0.1, -0.05) is 60.7 Å². The highest BCUT2D eigenvalue weighted by atomic mass is 16.5. The highest BCUT2D eigenvalue weighted by Crippen LogP contribution is 2.18. The van der Waals surface area contributed by atoms with E-state index in [2.05, 4.69) is 24.4 Å². The van der Waals surface area contributed by atoms with Crippen LogP contribution in [0.25, 0.3) is 5.70 Å². The predicted molar refractivity (Wildman–Crippen MR) is 89.0 cm³/mol. The second kappa shape index (κ2) is 8.03. The summed E-state index contributed by atoms with van der Waals surface area (Å²) in [4.78, 5) is 11.8. The Hall–Kier alpha value is -2.55. The van der Waals surface area contributed by atoms with Gasteiger partial charge in [0.1, 0.15) is 0 Å². The van der Waals surface area contributed by atoms with Crippen LogP contribution in [0.3, 0.4) is 0 Å². The number of nitrogens with one attached hydrogen (secondary N) is 1. The molecular formula is C19H21NO2. The first-order chi connectivity index (χ1) is 10.7. The lowest BCUT2D eigenvalue weighted by Crippen LogP contribution is -2.18. The molecule has 1 N–H and O–H groups in total. The van der Waals surface area contributed by atoms with E-state index in [0.29, 0.717) is 6.61 Å². The SMILES string of the molecule is CCOC(=O)/C=C(/N[C@H](C)c1ccccc1)c1ccccc1. The minimum absolute atomic E-state index is 0.0853. The topological polar surface area (TPSA) is 38.3 Å². The molecule has 0 aliphatic rings. The van der Waals surface area contributed by atoms with Crippen LogP contribution in [-0.2, 0) is 9.53 Å². The molecule has 0 aliphatic heterocycles. The Morgan fingerprint density at radius 2 is 1.68 bits per heavy atom. The summed E-state index contributed by atoms with van der Waals surface area (Å²) in [5.41, 5.74) is 2.88. The molecule has 0 saturated carbocycles. The van der Waals surface area contributed by atoms with Crippen LogP contribution in [0.5, 0.6) is 0 Å². The first kappa shape index (κ1) is 15.8. The molecule has 22 heavy (non-hydrogen) atoms. The Kier molecular flexibility index (Phi) is 5.78. The van der Waals surface area contributed by atoms with Crippen LogP contribution in [0.15, 0.2) is 66.7 Å². The van der Waals surface area contributed by atoms with E-state index in [1.54, 1.807) is 6.92 Å². The van der Waals surface area contributed by atoms with Crippen molar-refractivity contribution in [2.75, 3.05) is 6.61 Å².